The van der Waals surface area contributed by atoms with Gasteiger partial charge >= 0.3 is 0 Å². The van der Waals surface area contributed by atoms with Gasteiger partial charge in [-0.25, -0.2) is 4.98 Å². The zero-order chi connectivity index (χ0) is 15.5. The summed E-state index contributed by atoms with van der Waals surface area (Å²) in [5, 5.41) is 3.59. The molecule has 1 amide bonds. The van der Waals surface area contributed by atoms with Crippen LogP contribution in [-0.2, 0) is 11.3 Å². The van der Waals surface area contributed by atoms with E-state index in [1.807, 2.05) is 10.8 Å². The van der Waals surface area contributed by atoms with Gasteiger partial charge in [0, 0.05) is 36.1 Å². The van der Waals surface area contributed by atoms with Crippen LogP contribution in [0.1, 0.15) is 35.6 Å². The van der Waals surface area contributed by atoms with E-state index >= 15 is 0 Å². The molecular weight excluding hydrogens is 302 g/mol. The number of aryl methyl sites for hydroxylation is 1. The van der Waals surface area contributed by atoms with E-state index in [9.17, 15) is 4.79 Å². The number of halogens is 1. The van der Waals surface area contributed by atoms with Crippen molar-refractivity contribution in [2.24, 2.45) is 0 Å². The van der Waals surface area contributed by atoms with Gasteiger partial charge in [-0.2, -0.15) is 0 Å². The smallest absolute Gasteiger partial charge is 0.251 e. The average Bonchev–Trinajstić information content (AvgIpc) is 3.15. The second-order valence-corrected chi connectivity index (χ2v) is 5.68. The molecule has 1 aromatic heterocycles. The second kappa shape index (κ2) is 6.50. The molecular formula is C16H18ClN3O2. The summed E-state index contributed by atoms with van der Waals surface area (Å²) in [5.74, 6) is 0.717. The standard InChI is InChI=1S/C16H18ClN3O2/c1-2-20-8-7-18-15(20)14-13(6-9-22-14)19-16(21)11-4-3-5-12(17)10-11/h3-5,7-8,10,13-14H,2,6,9H2,1H3,(H,19,21)/t13-,14-/m0/s1. The monoisotopic (exact) mass is 319 g/mol. The van der Waals surface area contributed by atoms with Crippen LogP contribution in [0.4, 0.5) is 0 Å². The molecule has 1 N–H and O–H groups in total. The minimum atomic E-state index is -0.210. The van der Waals surface area contributed by atoms with Crippen molar-refractivity contribution in [1.29, 1.82) is 0 Å². The van der Waals surface area contributed by atoms with Gasteiger partial charge < -0.3 is 14.6 Å². The molecule has 6 heteroatoms. The summed E-state index contributed by atoms with van der Waals surface area (Å²) in [6.07, 6.45) is 4.25. The molecule has 0 unspecified atom stereocenters. The lowest BCUT2D eigenvalue weighted by Gasteiger charge is -2.20. The highest BCUT2D eigenvalue weighted by atomic mass is 35.5. The van der Waals surface area contributed by atoms with Crippen LogP contribution in [0.25, 0.3) is 0 Å². The SMILES string of the molecule is CCn1ccnc1[C@H]1OCC[C@@H]1NC(=O)c1cccc(Cl)c1. The molecule has 0 aliphatic carbocycles. The zero-order valence-corrected chi connectivity index (χ0v) is 13.1. The molecule has 1 aromatic carbocycles. The van der Waals surface area contributed by atoms with E-state index < -0.39 is 0 Å². The predicted octanol–water partition coefficient (Wildman–Crippen LogP) is 2.82. The Labute approximate surface area is 134 Å². The molecule has 2 aromatic rings. The maximum absolute atomic E-state index is 12.4. The first-order chi connectivity index (χ1) is 10.7. The van der Waals surface area contributed by atoms with Crippen molar-refractivity contribution < 1.29 is 9.53 Å². The van der Waals surface area contributed by atoms with Gasteiger partial charge in [0.25, 0.3) is 5.91 Å². The first-order valence-electron chi connectivity index (χ1n) is 7.38. The highest BCUT2D eigenvalue weighted by Gasteiger charge is 2.33. The number of nitrogens with one attached hydrogen (secondary N) is 1. The molecule has 1 aliphatic rings. The van der Waals surface area contributed by atoms with Gasteiger partial charge in [-0.05, 0) is 31.5 Å². The van der Waals surface area contributed by atoms with Crippen LogP contribution in [0.2, 0.25) is 5.02 Å². The lowest BCUT2D eigenvalue weighted by atomic mass is 10.1. The molecule has 3 rings (SSSR count). The molecule has 116 valence electrons. The molecule has 0 saturated carbocycles. The Hall–Kier alpha value is -1.85. The normalized spacial score (nSPS) is 21.0. The fourth-order valence-electron chi connectivity index (χ4n) is 2.72. The maximum atomic E-state index is 12.4. The number of rotatable bonds is 4. The Morgan fingerprint density at radius 1 is 1.55 bits per heavy atom. The van der Waals surface area contributed by atoms with Gasteiger partial charge in [-0.15, -0.1) is 0 Å². The number of imidazole rings is 1. The number of carbonyl (C=O) groups excluding carboxylic acids is 1. The molecule has 2 atom stereocenters. The van der Waals surface area contributed by atoms with Crippen LogP contribution in [0.15, 0.2) is 36.7 Å². The molecule has 2 heterocycles. The van der Waals surface area contributed by atoms with Crippen LogP contribution in [-0.4, -0.2) is 28.1 Å². The van der Waals surface area contributed by atoms with Crippen LogP contribution in [0.5, 0.6) is 0 Å². The predicted molar refractivity (Wildman–Crippen MR) is 83.9 cm³/mol. The van der Waals surface area contributed by atoms with Crippen molar-refractivity contribution in [2.75, 3.05) is 6.61 Å². The van der Waals surface area contributed by atoms with Gasteiger partial charge in [-0.3, -0.25) is 4.79 Å². The van der Waals surface area contributed by atoms with Gasteiger partial charge in [0.2, 0.25) is 0 Å². The summed E-state index contributed by atoms with van der Waals surface area (Å²) in [4.78, 5) is 16.7. The summed E-state index contributed by atoms with van der Waals surface area (Å²) in [7, 11) is 0. The third-order valence-electron chi connectivity index (χ3n) is 3.84. The van der Waals surface area contributed by atoms with Gasteiger partial charge in [0.1, 0.15) is 11.9 Å². The zero-order valence-electron chi connectivity index (χ0n) is 12.3. The Kier molecular flexibility index (Phi) is 4.45. The van der Waals surface area contributed by atoms with E-state index in [4.69, 9.17) is 16.3 Å². The van der Waals surface area contributed by atoms with Crippen molar-refractivity contribution >= 4 is 17.5 Å². The lowest BCUT2D eigenvalue weighted by molar-refractivity contribution is 0.0775. The van der Waals surface area contributed by atoms with E-state index in [0.29, 0.717) is 17.2 Å². The molecule has 1 aliphatic heterocycles. The Morgan fingerprint density at radius 2 is 2.41 bits per heavy atom. The highest BCUT2D eigenvalue weighted by molar-refractivity contribution is 6.30. The first-order valence-corrected chi connectivity index (χ1v) is 7.76. The Balaban J connectivity index is 1.75. The second-order valence-electron chi connectivity index (χ2n) is 5.24. The number of hydrogen-bond acceptors (Lipinski definition) is 3. The van der Waals surface area contributed by atoms with E-state index in [0.717, 1.165) is 18.8 Å². The summed E-state index contributed by atoms with van der Waals surface area (Å²) >= 11 is 5.94. The van der Waals surface area contributed by atoms with Crippen molar-refractivity contribution in [1.82, 2.24) is 14.9 Å². The minimum absolute atomic E-state index is 0.0841. The van der Waals surface area contributed by atoms with Crippen molar-refractivity contribution in [2.45, 2.75) is 32.0 Å². The molecule has 1 fully saturated rings. The quantitative estimate of drug-likeness (QED) is 0.942. The molecule has 0 bridgehead atoms. The lowest BCUT2D eigenvalue weighted by Crippen LogP contribution is -2.37. The van der Waals surface area contributed by atoms with E-state index in [1.54, 1.807) is 30.5 Å². The summed E-state index contributed by atoms with van der Waals surface area (Å²) in [6, 6.07) is 6.84. The van der Waals surface area contributed by atoms with Gasteiger partial charge in [-0.1, -0.05) is 17.7 Å². The van der Waals surface area contributed by atoms with Gasteiger partial charge in [0.15, 0.2) is 0 Å². The van der Waals surface area contributed by atoms with Crippen LogP contribution in [0, 0.1) is 0 Å². The van der Waals surface area contributed by atoms with Gasteiger partial charge in [0.05, 0.1) is 6.04 Å². The third kappa shape index (κ3) is 3.00. The van der Waals surface area contributed by atoms with Crippen LogP contribution < -0.4 is 5.32 Å². The van der Waals surface area contributed by atoms with Crippen molar-refractivity contribution in [3.8, 4) is 0 Å². The Bertz CT molecular complexity index is 671. The number of benzene rings is 1. The summed E-state index contributed by atoms with van der Waals surface area (Å²) < 4.78 is 7.83. The molecule has 0 spiro atoms. The van der Waals surface area contributed by atoms with Crippen LogP contribution in [0.3, 0.4) is 0 Å². The number of aromatic nitrogens is 2. The minimum Gasteiger partial charge on any atom is -0.368 e. The highest BCUT2D eigenvalue weighted by Crippen LogP contribution is 2.28. The number of carbonyl (C=O) groups is 1. The number of nitrogens with zero attached hydrogens (tertiary/aromatic N) is 2. The van der Waals surface area contributed by atoms with E-state index in [1.165, 1.54) is 0 Å². The molecule has 22 heavy (non-hydrogen) atoms. The fourth-order valence-corrected chi connectivity index (χ4v) is 2.91. The fraction of sp³-hybridized carbons (Fsp3) is 0.375. The van der Waals surface area contributed by atoms with Crippen LogP contribution >= 0.6 is 11.6 Å². The maximum Gasteiger partial charge on any atom is 0.251 e. The molecule has 5 nitrogen and oxygen atoms in total. The topological polar surface area (TPSA) is 56.1 Å². The molecule has 0 radical (unpaired) electrons. The third-order valence-corrected chi connectivity index (χ3v) is 4.07. The van der Waals surface area contributed by atoms with E-state index in [-0.39, 0.29) is 18.1 Å². The number of amides is 1. The number of hydrogen-bond donors (Lipinski definition) is 1. The van der Waals surface area contributed by atoms with E-state index in [2.05, 4.69) is 17.2 Å². The van der Waals surface area contributed by atoms with Crippen molar-refractivity contribution in [3.05, 3.63) is 53.1 Å². The molecule has 1 saturated heterocycles. The summed E-state index contributed by atoms with van der Waals surface area (Å²) in [6.45, 7) is 3.49. The number of ether oxygens (including phenoxy) is 1. The van der Waals surface area contributed by atoms with Crippen molar-refractivity contribution in [3.63, 3.8) is 0 Å². The average molecular weight is 320 g/mol. The largest absolute Gasteiger partial charge is 0.368 e. The summed E-state index contributed by atoms with van der Waals surface area (Å²) in [5.41, 5.74) is 0.553. The first kappa shape index (κ1) is 15.1. The Morgan fingerprint density at radius 3 is 3.18 bits per heavy atom.